The fourth-order valence-electron chi connectivity index (χ4n) is 1.41. The van der Waals surface area contributed by atoms with Crippen LogP contribution in [0.4, 0.5) is 10.5 Å². The maximum Gasteiger partial charge on any atom is 0.326 e. The Morgan fingerprint density at radius 1 is 1.42 bits per heavy atom. The summed E-state index contributed by atoms with van der Waals surface area (Å²) in [4.78, 5) is 32.8. The molecular formula is C10H14N4O5. The maximum atomic E-state index is 11.6. The van der Waals surface area contributed by atoms with Crippen molar-refractivity contribution in [3.05, 3.63) is 11.9 Å². The minimum Gasteiger partial charge on any atom is -0.481 e. The van der Waals surface area contributed by atoms with E-state index in [1.165, 1.54) is 4.68 Å². The fraction of sp³-hybridized carbons (Fsp3) is 0.400. The van der Waals surface area contributed by atoms with E-state index >= 15 is 0 Å². The maximum absolute atomic E-state index is 11.6. The lowest BCUT2D eigenvalue weighted by Gasteiger charge is -2.12. The van der Waals surface area contributed by atoms with Crippen LogP contribution in [0.25, 0.3) is 0 Å². The molecule has 0 saturated carbocycles. The number of hydrogen-bond donors (Lipinski definition) is 4. The number of nitrogens with one attached hydrogen (secondary N) is 2. The first kappa shape index (κ1) is 14.5. The molecule has 0 saturated heterocycles. The van der Waals surface area contributed by atoms with Gasteiger partial charge >= 0.3 is 18.0 Å². The molecular weight excluding hydrogens is 256 g/mol. The van der Waals surface area contributed by atoms with Crippen LogP contribution in [0.1, 0.15) is 12.1 Å². The standard InChI is InChI=1S/C10H14N4O5/c1-5-7(4-14(2)13-5)12-10(19)11-6(9(17)18)3-8(15)16/h4,6H,3H2,1-2H3,(H,15,16)(H,17,18)(H2,11,12,19)/t6-/m0/s1. The number of amides is 2. The van der Waals surface area contributed by atoms with Gasteiger partial charge < -0.3 is 20.8 Å². The quantitative estimate of drug-likeness (QED) is 0.584. The summed E-state index contributed by atoms with van der Waals surface area (Å²) in [6, 6.07) is -2.29. The molecule has 1 aromatic rings. The van der Waals surface area contributed by atoms with Gasteiger partial charge in [0.25, 0.3) is 0 Å². The van der Waals surface area contributed by atoms with Gasteiger partial charge in [0.1, 0.15) is 6.04 Å². The van der Waals surface area contributed by atoms with Crippen LogP contribution in [0.2, 0.25) is 0 Å². The zero-order chi connectivity index (χ0) is 14.6. The van der Waals surface area contributed by atoms with Gasteiger partial charge in [0.2, 0.25) is 0 Å². The molecule has 104 valence electrons. The van der Waals surface area contributed by atoms with Crippen LogP contribution >= 0.6 is 0 Å². The Bertz CT molecular complexity index is 510. The van der Waals surface area contributed by atoms with Crippen molar-refractivity contribution in [3.8, 4) is 0 Å². The molecule has 0 aliphatic carbocycles. The van der Waals surface area contributed by atoms with E-state index in [-0.39, 0.29) is 0 Å². The van der Waals surface area contributed by atoms with Gasteiger partial charge in [-0.05, 0) is 6.92 Å². The van der Waals surface area contributed by atoms with Crippen molar-refractivity contribution in [1.29, 1.82) is 0 Å². The summed E-state index contributed by atoms with van der Waals surface area (Å²) < 4.78 is 1.48. The topological polar surface area (TPSA) is 134 Å². The molecule has 0 bridgehead atoms. The van der Waals surface area contributed by atoms with E-state index in [9.17, 15) is 14.4 Å². The minimum atomic E-state index is -1.49. The van der Waals surface area contributed by atoms with E-state index < -0.39 is 30.4 Å². The third-order valence-electron chi connectivity index (χ3n) is 2.24. The predicted octanol–water partition coefficient (Wildman–Crippen LogP) is -0.222. The molecule has 1 heterocycles. The minimum absolute atomic E-state index is 0.416. The molecule has 19 heavy (non-hydrogen) atoms. The first-order valence-corrected chi connectivity index (χ1v) is 5.32. The molecule has 0 aromatic carbocycles. The first-order chi connectivity index (χ1) is 8.79. The van der Waals surface area contributed by atoms with Crippen molar-refractivity contribution in [3.63, 3.8) is 0 Å². The fourth-order valence-corrected chi connectivity index (χ4v) is 1.41. The van der Waals surface area contributed by atoms with Crippen molar-refractivity contribution >= 4 is 23.7 Å². The van der Waals surface area contributed by atoms with Crippen molar-refractivity contribution in [2.24, 2.45) is 7.05 Å². The highest BCUT2D eigenvalue weighted by atomic mass is 16.4. The molecule has 0 aliphatic rings. The summed E-state index contributed by atoms with van der Waals surface area (Å²) in [6.45, 7) is 1.67. The van der Waals surface area contributed by atoms with Gasteiger partial charge in [-0.3, -0.25) is 9.48 Å². The lowest BCUT2D eigenvalue weighted by atomic mass is 10.2. The summed E-state index contributed by atoms with van der Waals surface area (Å²) in [5.74, 6) is -2.73. The SMILES string of the molecule is Cc1nn(C)cc1NC(=O)N[C@@H](CC(=O)O)C(=O)O. The molecule has 2 amide bonds. The number of nitrogens with zero attached hydrogens (tertiary/aromatic N) is 2. The Morgan fingerprint density at radius 3 is 2.47 bits per heavy atom. The van der Waals surface area contributed by atoms with Crippen LogP contribution in [0.5, 0.6) is 0 Å². The number of hydrogen-bond acceptors (Lipinski definition) is 4. The number of carboxylic acid groups (broad SMARTS) is 2. The third kappa shape index (κ3) is 4.30. The van der Waals surface area contributed by atoms with Crippen molar-refractivity contribution in [1.82, 2.24) is 15.1 Å². The van der Waals surface area contributed by atoms with Crippen LogP contribution in [-0.4, -0.2) is 44.0 Å². The summed E-state index contributed by atoms with van der Waals surface area (Å²) in [5, 5.41) is 25.8. The molecule has 0 unspecified atom stereocenters. The smallest absolute Gasteiger partial charge is 0.326 e. The van der Waals surface area contributed by atoms with Crippen LogP contribution < -0.4 is 10.6 Å². The number of rotatable bonds is 5. The van der Waals surface area contributed by atoms with Crippen LogP contribution in [0, 0.1) is 6.92 Å². The van der Waals surface area contributed by atoms with E-state index in [1.54, 1.807) is 20.2 Å². The Hall–Kier alpha value is -2.58. The summed E-state index contributed by atoms with van der Waals surface area (Å²) in [5.41, 5.74) is 0.974. The number of carbonyl (C=O) groups excluding carboxylic acids is 1. The molecule has 0 fully saturated rings. The Balaban J connectivity index is 2.65. The van der Waals surface area contributed by atoms with Gasteiger partial charge in [-0.2, -0.15) is 5.10 Å². The van der Waals surface area contributed by atoms with Gasteiger partial charge in [-0.15, -0.1) is 0 Å². The number of aromatic nitrogens is 2. The second kappa shape index (κ2) is 5.85. The summed E-state index contributed by atoms with van der Waals surface area (Å²) >= 11 is 0. The van der Waals surface area contributed by atoms with Crippen LogP contribution in [-0.2, 0) is 16.6 Å². The van der Waals surface area contributed by atoms with Gasteiger partial charge in [-0.25, -0.2) is 9.59 Å². The zero-order valence-corrected chi connectivity index (χ0v) is 10.4. The van der Waals surface area contributed by atoms with E-state index in [0.717, 1.165) is 0 Å². The molecule has 0 radical (unpaired) electrons. The van der Waals surface area contributed by atoms with E-state index in [1.807, 2.05) is 0 Å². The largest absolute Gasteiger partial charge is 0.481 e. The third-order valence-corrected chi connectivity index (χ3v) is 2.24. The monoisotopic (exact) mass is 270 g/mol. The van der Waals surface area contributed by atoms with Crippen molar-refractivity contribution < 1.29 is 24.6 Å². The lowest BCUT2D eigenvalue weighted by molar-refractivity contribution is -0.145. The van der Waals surface area contributed by atoms with E-state index in [0.29, 0.717) is 11.4 Å². The van der Waals surface area contributed by atoms with Gasteiger partial charge in [0.15, 0.2) is 0 Å². The summed E-state index contributed by atoms with van der Waals surface area (Å²) in [7, 11) is 1.67. The molecule has 9 nitrogen and oxygen atoms in total. The average molecular weight is 270 g/mol. The predicted molar refractivity (Wildman–Crippen MR) is 63.8 cm³/mol. The molecule has 0 spiro atoms. The highest BCUT2D eigenvalue weighted by Crippen LogP contribution is 2.10. The van der Waals surface area contributed by atoms with Gasteiger partial charge in [-0.1, -0.05) is 0 Å². The number of carbonyl (C=O) groups is 3. The highest BCUT2D eigenvalue weighted by Gasteiger charge is 2.23. The molecule has 1 rings (SSSR count). The first-order valence-electron chi connectivity index (χ1n) is 5.32. The number of anilines is 1. The Kier molecular flexibility index (Phi) is 4.46. The van der Waals surface area contributed by atoms with Crippen LogP contribution in [0.3, 0.4) is 0 Å². The van der Waals surface area contributed by atoms with Crippen molar-refractivity contribution in [2.45, 2.75) is 19.4 Å². The van der Waals surface area contributed by atoms with Crippen molar-refractivity contribution in [2.75, 3.05) is 5.32 Å². The van der Waals surface area contributed by atoms with Gasteiger partial charge in [0, 0.05) is 13.2 Å². The molecule has 1 aromatic heterocycles. The molecule has 9 heteroatoms. The Morgan fingerprint density at radius 2 is 2.05 bits per heavy atom. The molecule has 1 atom stereocenters. The van der Waals surface area contributed by atoms with E-state index in [2.05, 4.69) is 15.7 Å². The highest BCUT2D eigenvalue weighted by molar-refractivity contribution is 5.93. The second-order valence-electron chi connectivity index (χ2n) is 3.89. The summed E-state index contributed by atoms with van der Waals surface area (Å²) in [6.07, 6.45) is 0.844. The Labute approximate surface area is 108 Å². The normalized spacial score (nSPS) is 11.7. The zero-order valence-electron chi connectivity index (χ0n) is 10.4. The average Bonchev–Trinajstić information content (AvgIpc) is 2.55. The van der Waals surface area contributed by atoms with Gasteiger partial charge in [0.05, 0.1) is 17.8 Å². The van der Waals surface area contributed by atoms with Crippen LogP contribution in [0.15, 0.2) is 6.20 Å². The molecule has 4 N–H and O–H groups in total. The molecule has 0 aliphatic heterocycles. The number of urea groups is 1. The number of aliphatic carboxylic acids is 2. The number of aryl methyl sites for hydroxylation is 2. The lowest BCUT2D eigenvalue weighted by Crippen LogP contribution is -2.44. The van der Waals surface area contributed by atoms with E-state index in [4.69, 9.17) is 10.2 Å². The number of carboxylic acids is 2. The second-order valence-corrected chi connectivity index (χ2v) is 3.89.